The zero-order valence-corrected chi connectivity index (χ0v) is 14.3. The predicted molar refractivity (Wildman–Crippen MR) is 90.3 cm³/mol. The van der Waals surface area contributed by atoms with Crippen LogP contribution in [0.4, 0.5) is 5.82 Å². The summed E-state index contributed by atoms with van der Waals surface area (Å²) in [6, 6.07) is 2.07. The molecule has 0 aliphatic heterocycles. The number of aryl methyl sites for hydroxylation is 1. The van der Waals surface area contributed by atoms with Crippen molar-refractivity contribution in [3.05, 3.63) is 11.8 Å². The van der Waals surface area contributed by atoms with Gasteiger partial charge in [-0.2, -0.15) is 0 Å². The van der Waals surface area contributed by atoms with Gasteiger partial charge in [0.05, 0.1) is 0 Å². The molecule has 6 heteroatoms. The summed E-state index contributed by atoms with van der Waals surface area (Å²) >= 11 is 0. The molecule has 2 fully saturated rings. The van der Waals surface area contributed by atoms with Gasteiger partial charge in [-0.25, -0.2) is 0 Å². The molecule has 6 nitrogen and oxygen atoms in total. The second-order valence-electron chi connectivity index (χ2n) is 7.20. The molecule has 0 aromatic carbocycles. The van der Waals surface area contributed by atoms with Gasteiger partial charge >= 0.3 is 0 Å². The Morgan fingerprint density at radius 2 is 1.62 bits per heavy atom. The molecule has 0 saturated heterocycles. The van der Waals surface area contributed by atoms with Crippen LogP contribution in [0.5, 0.6) is 0 Å². The SMILES string of the molecule is Cc1cc(NC(=O)C2CCC(C(=O)NC3CCCCC3)CC2)no1. The Balaban J connectivity index is 1.43. The maximum absolute atomic E-state index is 12.4. The minimum atomic E-state index is -0.0410. The molecular formula is C18H27N3O3. The summed E-state index contributed by atoms with van der Waals surface area (Å²) in [5, 5.41) is 9.80. The third-order valence-corrected chi connectivity index (χ3v) is 5.30. The highest BCUT2D eigenvalue weighted by molar-refractivity contribution is 5.91. The molecule has 1 aromatic rings. The minimum absolute atomic E-state index is 0.0190. The molecule has 3 rings (SSSR count). The normalized spacial score (nSPS) is 25.2. The van der Waals surface area contributed by atoms with E-state index in [0.717, 1.165) is 38.5 Å². The lowest BCUT2D eigenvalue weighted by molar-refractivity contribution is -0.129. The number of nitrogens with one attached hydrogen (secondary N) is 2. The molecule has 0 atom stereocenters. The molecule has 2 saturated carbocycles. The van der Waals surface area contributed by atoms with E-state index in [0.29, 0.717) is 17.6 Å². The standard InChI is InChI=1S/C18H27N3O3/c1-12-11-16(21-24-12)20-18(23)14-9-7-13(8-10-14)17(22)19-15-5-3-2-4-6-15/h11,13-15H,2-10H2,1H3,(H,19,22)(H,20,21,23). The van der Waals surface area contributed by atoms with Gasteiger partial charge in [-0.15, -0.1) is 0 Å². The number of hydrogen-bond acceptors (Lipinski definition) is 4. The van der Waals surface area contributed by atoms with E-state index in [-0.39, 0.29) is 23.7 Å². The van der Waals surface area contributed by atoms with Crippen LogP contribution in [0.15, 0.2) is 10.6 Å². The summed E-state index contributed by atoms with van der Waals surface area (Å²) in [6.07, 6.45) is 9.04. The monoisotopic (exact) mass is 333 g/mol. The number of carbonyl (C=O) groups is 2. The summed E-state index contributed by atoms with van der Waals surface area (Å²) in [5.41, 5.74) is 0. The van der Waals surface area contributed by atoms with Crippen molar-refractivity contribution in [3.63, 3.8) is 0 Å². The average molecular weight is 333 g/mol. The van der Waals surface area contributed by atoms with Crippen LogP contribution in [-0.2, 0) is 9.59 Å². The van der Waals surface area contributed by atoms with Crippen molar-refractivity contribution in [3.8, 4) is 0 Å². The van der Waals surface area contributed by atoms with Crippen LogP contribution < -0.4 is 10.6 Å². The molecule has 2 N–H and O–H groups in total. The van der Waals surface area contributed by atoms with Crippen molar-refractivity contribution >= 4 is 17.6 Å². The molecule has 1 heterocycles. The van der Waals surface area contributed by atoms with E-state index in [4.69, 9.17) is 4.52 Å². The quantitative estimate of drug-likeness (QED) is 0.886. The van der Waals surface area contributed by atoms with Crippen LogP contribution in [0.25, 0.3) is 0 Å². The van der Waals surface area contributed by atoms with Gasteiger partial charge in [-0.05, 0) is 45.4 Å². The van der Waals surface area contributed by atoms with Crippen molar-refractivity contribution in [1.82, 2.24) is 10.5 Å². The Morgan fingerprint density at radius 3 is 2.21 bits per heavy atom. The van der Waals surface area contributed by atoms with Gasteiger partial charge in [0.2, 0.25) is 11.8 Å². The van der Waals surface area contributed by atoms with Crippen molar-refractivity contribution in [2.24, 2.45) is 11.8 Å². The van der Waals surface area contributed by atoms with Crippen LogP contribution in [0, 0.1) is 18.8 Å². The first-order valence-corrected chi connectivity index (χ1v) is 9.16. The molecule has 1 aromatic heterocycles. The highest BCUT2D eigenvalue weighted by Gasteiger charge is 2.31. The lowest BCUT2D eigenvalue weighted by Gasteiger charge is -2.29. The van der Waals surface area contributed by atoms with E-state index >= 15 is 0 Å². The smallest absolute Gasteiger partial charge is 0.228 e. The lowest BCUT2D eigenvalue weighted by Crippen LogP contribution is -2.41. The Labute approximate surface area is 142 Å². The zero-order valence-electron chi connectivity index (χ0n) is 14.3. The van der Waals surface area contributed by atoms with Crippen molar-refractivity contribution in [1.29, 1.82) is 0 Å². The Morgan fingerprint density at radius 1 is 1.00 bits per heavy atom. The maximum Gasteiger partial charge on any atom is 0.228 e. The molecule has 0 unspecified atom stereocenters. The fourth-order valence-electron chi connectivity index (χ4n) is 3.84. The molecule has 2 aliphatic carbocycles. The highest BCUT2D eigenvalue weighted by atomic mass is 16.5. The number of amides is 2. The number of aromatic nitrogens is 1. The molecule has 0 bridgehead atoms. The average Bonchev–Trinajstić information content (AvgIpc) is 3.00. The fraction of sp³-hybridized carbons (Fsp3) is 0.722. The third kappa shape index (κ3) is 4.36. The van der Waals surface area contributed by atoms with Gasteiger partial charge in [-0.3, -0.25) is 9.59 Å². The third-order valence-electron chi connectivity index (χ3n) is 5.30. The molecule has 132 valence electrons. The zero-order chi connectivity index (χ0) is 16.9. The van der Waals surface area contributed by atoms with Crippen LogP contribution in [0.2, 0.25) is 0 Å². The number of hydrogen-bond donors (Lipinski definition) is 2. The lowest BCUT2D eigenvalue weighted by atomic mass is 9.81. The molecule has 2 aliphatic rings. The number of nitrogens with zero attached hydrogens (tertiary/aromatic N) is 1. The summed E-state index contributed by atoms with van der Waals surface area (Å²) in [6.45, 7) is 1.79. The van der Waals surface area contributed by atoms with Gasteiger partial charge in [0.15, 0.2) is 5.82 Å². The first-order valence-electron chi connectivity index (χ1n) is 9.16. The second-order valence-corrected chi connectivity index (χ2v) is 7.20. The molecular weight excluding hydrogens is 306 g/mol. The van der Waals surface area contributed by atoms with Gasteiger partial charge in [0, 0.05) is 23.9 Å². The first kappa shape index (κ1) is 17.0. The van der Waals surface area contributed by atoms with Gasteiger partial charge in [0.25, 0.3) is 0 Å². The molecule has 24 heavy (non-hydrogen) atoms. The van der Waals surface area contributed by atoms with E-state index in [2.05, 4.69) is 15.8 Å². The summed E-state index contributed by atoms with van der Waals surface area (Å²) in [7, 11) is 0. The van der Waals surface area contributed by atoms with Crippen LogP contribution in [-0.4, -0.2) is 23.0 Å². The van der Waals surface area contributed by atoms with Crippen molar-refractivity contribution in [2.45, 2.75) is 70.8 Å². The maximum atomic E-state index is 12.4. The summed E-state index contributed by atoms with van der Waals surface area (Å²) in [4.78, 5) is 24.7. The summed E-state index contributed by atoms with van der Waals surface area (Å²) in [5.74, 6) is 1.33. The number of rotatable bonds is 4. The Hall–Kier alpha value is -1.85. The predicted octanol–water partition coefficient (Wildman–Crippen LogP) is 3.18. The Bertz CT molecular complexity index is 570. The molecule has 0 radical (unpaired) electrons. The van der Waals surface area contributed by atoms with E-state index in [1.165, 1.54) is 19.3 Å². The van der Waals surface area contributed by atoms with E-state index in [1.54, 1.807) is 13.0 Å². The van der Waals surface area contributed by atoms with Crippen LogP contribution in [0.3, 0.4) is 0 Å². The van der Waals surface area contributed by atoms with Gasteiger partial charge in [0.1, 0.15) is 5.76 Å². The van der Waals surface area contributed by atoms with Crippen LogP contribution in [0.1, 0.15) is 63.5 Å². The van der Waals surface area contributed by atoms with Crippen LogP contribution >= 0.6 is 0 Å². The molecule has 0 spiro atoms. The molecule has 2 amide bonds. The first-order chi connectivity index (χ1) is 11.6. The minimum Gasteiger partial charge on any atom is -0.360 e. The van der Waals surface area contributed by atoms with E-state index in [1.807, 2.05) is 0 Å². The second kappa shape index (κ2) is 7.81. The number of carbonyl (C=O) groups excluding carboxylic acids is 2. The Kier molecular flexibility index (Phi) is 5.53. The topological polar surface area (TPSA) is 84.2 Å². The van der Waals surface area contributed by atoms with E-state index in [9.17, 15) is 9.59 Å². The number of anilines is 1. The largest absolute Gasteiger partial charge is 0.360 e. The fourth-order valence-corrected chi connectivity index (χ4v) is 3.84. The van der Waals surface area contributed by atoms with Crippen molar-refractivity contribution < 1.29 is 14.1 Å². The van der Waals surface area contributed by atoms with E-state index < -0.39 is 0 Å². The highest BCUT2D eigenvalue weighted by Crippen LogP contribution is 2.30. The summed E-state index contributed by atoms with van der Waals surface area (Å²) < 4.78 is 4.96. The van der Waals surface area contributed by atoms with Gasteiger partial charge in [-0.1, -0.05) is 24.4 Å². The van der Waals surface area contributed by atoms with Crippen molar-refractivity contribution in [2.75, 3.05) is 5.32 Å². The van der Waals surface area contributed by atoms with Gasteiger partial charge < -0.3 is 15.2 Å².